The first kappa shape index (κ1) is 14.6. The van der Waals surface area contributed by atoms with Crippen LogP contribution >= 0.6 is 15.9 Å². The second-order valence-electron chi connectivity index (χ2n) is 5.86. The number of nitrogen functional groups attached to an aromatic ring is 1. The van der Waals surface area contributed by atoms with Crippen LogP contribution in [0.25, 0.3) is 11.1 Å². The minimum absolute atomic E-state index is 0.439. The maximum absolute atomic E-state index is 6.05. The van der Waals surface area contributed by atoms with Crippen LogP contribution in [0.5, 0.6) is 0 Å². The molecule has 0 radical (unpaired) electrons. The van der Waals surface area contributed by atoms with E-state index < -0.39 is 0 Å². The summed E-state index contributed by atoms with van der Waals surface area (Å²) in [5.41, 5.74) is 9.18. The number of nitrogens with two attached hydrogens (primary N) is 1. The number of hydrogen-bond acceptors (Lipinski definition) is 3. The lowest BCUT2D eigenvalue weighted by Gasteiger charge is -2.18. The van der Waals surface area contributed by atoms with Gasteiger partial charge in [0.25, 0.3) is 0 Å². The van der Waals surface area contributed by atoms with Gasteiger partial charge < -0.3 is 10.3 Å². The Kier molecular flexibility index (Phi) is 4.63. The topological polar surface area (TPSA) is 52.0 Å². The second kappa shape index (κ2) is 6.65. The Balaban J connectivity index is 1.93. The first-order chi connectivity index (χ1) is 10.3. The van der Waals surface area contributed by atoms with Gasteiger partial charge in [-0.3, -0.25) is 0 Å². The Morgan fingerprint density at radius 2 is 1.62 bits per heavy atom. The molecule has 1 aliphatic carbocycles. The van der Waals surface area contributed by atoms with Gasteiger partial charge in [0.05, 0.1) is 11.3 Å². The van der Waals surface area contributed by atoms with Crippen molar-refractivity contribution in [3.8, 4) is 11.1 Å². The SMILES string of the molecule is Nc1onc(C2CCCCCCC2)c1-c1ccc(Br)cc1. The summed E-state index contributed by atoms with van der Waals surface area (Å²) < 4.78 is 6.39. The molecule has 3 nitrogen and oxygen atoms in total. The van der Waals surface area contributed by atoms with Crippen LogP contribution in [0.15, 0.2) is 33.3 Å². The Morgan fingerprint density at radius 3 is 2.29 bits per heavy atom. The first-order valence-electron chi connectivity index (χ1n) is 7.76. The molecular weight excluding hydrogens is 328 g/mol. The molecule has 1 aromatic carbocycles. The zero-order valence-electron chi connectivity index (χ0n) is 12.1. The van der Waals surface area contributed by atoms with Gasteiger partial charge in [-0.2, -0.15) is 0 Å². The van der Waals surface area contributed by atoms with E-state index in [1.54, 1.807) is 0 Å². The normalized spacial score (nSPS) is 17.4. The maximum atomic E-state index is 6.05. The van der Waals surface area contributed by atoms with Crippen LogP contribution in [0.3, 0.4) is 0 Å². The lowest BCUT2D eigenvalue weighted by atomic mass is 9.86. The summed E-state index contributed by atoms with van der Waals surface area (Å²) in [7, 11) is 0. The van der Waals surface area contributed by atoms with Crippen molar-refractivity contribution in [3.63, 3.8) is 0 Å². The third kappa shape index (κ3) is 3.31. The van der Waals surface area contributed by atoms with Gasteiger partial charge in [-0.05, 0) is 30.5 Å². The van der Waals surface area contributed by atoms with Crippen molar-refractivity contribution in [2.45, 2.75) is 50.9 Å². The quantitative estimate of drug-likeness (QED) is 0.777. The van der Waals surface area contributed by atoms with E-state index in [-0.39, 0.29) is 0 Å². The molecule has 0 bridgehead atoms. The highest BCUT2D eigenvalue weighted by molar-refractivity contribution is 9.10. The van der Waals surface area contributed by atoms with Crippen molar-refractivity contribution in [3.05, 3.63) is 34.4 Å². The summed E-state index contributed by atoms with van der Waals surface area (Å²) >= 11 is 3.47. The van der Waals surface area contributed by atoms with Crippen molar-refractivity contribution in [2.24, 2.45) is 0 Å². The molecule has 0 spiro atoms. The molecule has 2 N–H and O–H groups in total. The molecule has 1 saturated carbocycles. The smallest absolute Gasteiger partial charge is 0.230 e. The molecule has 0 amide bonds. The molecule has 1 fully saturated rings. The fourth-order valence-corrected chi connectivity index (χ4v) is 3.50. The number of nitrogens with zero attached hydrogens (tertiary/aromatic N) is 1. The molecule has 0 unspecified atom stereocenters. The van der Waals surface area contributed by atoms with Crippen LogP contribution in [0, 0.1) is 0 Å². The standard InChI is InChI=1S/C17H21BrN2O/c18-14-10-8-12(9-11-14)15-16(20-21-17(15)19)13-6-4-2-1-3-5-7-13/h8-11,13H,1-7,19H2. The monoisotopic (exact) mass is 348 g/mol. The van der Waals surface area contributed by atoms with Crippen molar-refractivity contribution in [2.75, 3.05) is 5.73 Å². The fraction of sp³-hybridized carbons (Fsp3) is 0.471. The molecule has 1 aromatic heterocycles. The van der Waals surface area contributed by atoms with Gasteiger partial charge in [0.15, 0.2) is 0 Å². The van der Waals surface area contributed by atoms with Crippen LogP contribution in [0.2, 0.25) is 0 Å². The summed E-state index contributed by atoms with van der Waals surface area (Å²) in [6.07, 6.45) is 8.96. The Labute approximate surface area is 134 Å². The van der Waals surface area contributed by atoms with E-state index >= 15 is 0 Å². The van der Waals surface area contributed by atoms with E-state index in [0.717, 1.165) is 21.3 Å². The number of aromatic nitrogens is 1. The first-order valence-corrected chi connectivity index (χ1v) is 8.56. The van der Waals surface area contributed by atoms with Crippen molar-refractivity contribution in [1.29, 1.82) is 0 Å². The number of rotatable bonds is 2. The second-order valence-corrected chi connectivity index (χ2v) is 6.77. The predicted molar refractivity (Wildman–Crippen MR) is 89.1 cm³/mol. The van der Waals surface area contributed by atoms with E-state index in [0.29, 0.717) is 11.8 Å². The lowest BCUT2D eigenvalue weighted by Crippen LogP contribution is -2.04. The van der Waals surface area contributed by atoms with E-state index in [1.807, 2.05) is 12.1 Å². The van der Waals surface area contributed by atoms with Crippen molar-refractivity contribution >= 4 is 21.8 Å². The molecule has 3 rings (SSSR count). The van der Waals surface area contributed by atoms with Crippen LogP contribution in [-0.2, 0) is 0 Å². The van der Waals surface area contributed by atoms with E-state index in [1.165, 1.54) is 44.9 Å². The highest BCUT2D eigenvalue weighted by Gasteiger charge is 2.24. The molecule has 0 saturated heterocycles. The molecular formula is C17H21BrN2O. The molecule has 2 aromatic rings. The Bertz CT molecular complexity index is 583. The third-order valence-corrected chi connectivity index (χ3v) is 4.90. The highest BCUT2D eigenvalue weighted by Crippen LogP contribution is 2.39. The molecule has 0 aliphatic heterocycles. The number of benzene rings is 1. The number of anilines is 1. The molecule has 21 heavy (non-hydrogen) atoms. The van der Waals surface area contributed by atoms with E-state index in [9.17, 15) is 0 Å². The molecule has 0 atom stereocenters. The average Bonchev–Trinajstić information content (AvgIpc) is 2.81. The average molecular weight is 349 g/mol. The Morgan fingerprint density at radius 1 is 1.00 bits per heavy atom. The van der Waals surface area contributed by atoms with E-state index in [4.69, 9.17) is 10.3 Å². The van der Waals surface area contributed by atoms with E-state index in [2.05, 4.69) is 33.2 Å². The molecule has 112 valence electrons. The fourth-order valence-electron chi connectivity index (χ4n) is 3.23. The predicted octanol–water partition coefficient (Wildman–Crippen LogP) is 5.51. The van der Waals surface area contributed by atoms with Crippen LogP contribution < -0.4 is 5.73 Å². The summed E-state index contributed by atoms with van der Waals surface area (Å²) in [4.78, 5) is 0. The molecule has 1 aliphatic rings. The summed E-state index contributed by atoms with van der Waals surface area (Å²) in [6.45, 7) is 0. The minimum atomic E-state index is 0.439. The number of halogens is 1. The summed E-state index contributed by atoms with van der Waals surface area (Å²) in [6, 6.07) is 8.20. The number of hydrogen-bond donors (Lipinski definition) is 1. The van der Waals surface area contributed by atoms with Gasteiger partial charge in [-0.1, -0.05) is 65.3 Å². The highest BCUT2D eigenvalue weighted by atomic mass is 79.9. The van der Waals surface area contributed by atoms with Gasteiger partial charge in [0, 0.05) is 10.4 Å². The summed E-state index contributed by atoms with van der Waals surface area (Å²) in [5, 5.41) is 4.30. The van der Waals surface area contributed by atoms with Gasteiger partial charge in [0.1, 0.15) is 0 Å². The summed E-state index contributed by atoms with van der Waals surface area (Å²) in [5.74, 6) is 0.916. The molecule has 1 heterocycles. The van der Waals surface area contributed by atoms with Crippen molar-refractivity contribution < 1.29 is 4.52 Å². The van der Waals surface area contributed by atoms with Crippen LogP contribution in [0.1, 0.15) is 56.6 Å². The van der Waals surface area contributed by atoms with Crippen molar-refractivity contribution in [1.82, 2.24) is 5.16 Å². The molecule has 4 heteroatoms. The Hall–Kier alpha value is -1.29. The zero-order chi connectivity index (χ0) is 14.7. The lowest BCUT2D eigenvalue weighted by molar-refractivity contribution is 0.395. The van der Waals surface area contributed by atoms with Crippen LogP contribution in [-0.4, -0.2) is 5.16 Å². The largest absolute Gasteiger partial charge is 0.367 e. The maximum Gasteiger partial charge on any atom is 0.230 e. The minimum Gasteiger partial charge on any atom is -0.367 e. The van der Waals surface area contributed by atoms with Crippen LogP contribution in [0.4, 0.5) is 5.88 Å². The van der Waals surface area contributed by atoms with Gasteiger partial charge in [-0.25, -0.2) is 0 Å². The van der Waals surface area contributed by atoms with Gasteiger partial charge >= 0.3 is 0 Å². The van der Waals surface area contributed by atoms with Gasteiger partial charge in [0.2, 0.25) is 5.88 Å². The van der Waals surface area contributed by atoms with Gasteiger partial charge in [-0.15, -0.1) is 0 Å². The third-order valence-electron chi connectivity index (χ3n) is 4.37. The zero-order valence-corrected chi connectivity index (χ0v) is 13.7.